The van der Waals surface area contributed by atoms with E-state index in [4.69, 9.17) is 0 Å². The molecule has 0 spiro atoms. The van der Waals surface area contributed by atoms with Crippen LogP contribution in [0.3, 0.4) is 0 Å². The molecule has 0 aliphatic carbocycles. The highest BCUT2D eigenvalue weighted by atomic mass is 15.4. The van der Waals surface area contributed by atoms with E-state index in [1.165, 1.54) is 0 Å². The monoisotopic (exact) mass is 86.1 g/mol. The molecule has 0 unspecified atom stereocenters. The molecule has 1 radical (unpaired) electrons. The van der Waals surface area contributed by atoms with Gasteiger partial charge in [0.05, 0.1) is 6.67 Å². The minimum atomic E-state index is 0.764. The number of nitrogens with zero attached hydrogens (tertiary/aromatic N) is 1. The molecular formula is C3H8N3. The van der Waals surface area contributed by atoms with Crippen LogP contribution in [0.2, 0.25) is 0 Å². The van der Waals surface area contributed by atoms with Gasteiger partial charge in [0.1, 0.15) is 0 Å². The minimum Gasteiger partial charge on any atom is -0.301 e. The Bertz CT molecular complexity index is 21.5. The van der Waals surface area contributed by atoms with Crippen molar-refractivity contribution in [1.82, 2.24) is 16.2 Å². The molecule has 0 aromatic rings. The van der Waals surface area contributed by atoms with E-state index in [2.05, 4.69) is 16.2 Å². The zero-order chi connectivity index (χ0) is 4.24. The highest BCUT2D eigenvalue weighted by Crippen LogP contribution is 1.60. The molecule has 0 bridgehead atoms. The Hall–Kier alpha value is -0.120. The fourth-order valence-corrected chi connectivity index (χ4v) is 0.414. The normalized spacial score (nSPS) is 24.0. The largest absolute Gasteiger partial charge is 0.301 e. The lowest BCUT2D eigenvalue weighted by molar-refractivity contribution is 0.415. The van der Waals surface area contributed by atoms with Crippen molar-refractivity contribution in [3.8, 4) is 0 Å². The van der Waals surface area contributed by atoms with Crippen molar-refractivity contribution in [1.29, 1.82) is 0 Å². The molecule has 6 heavy (non-hydrogen) atoms. The average molecular weight is 86.1 g/mol. The van der Waals surface area contributed by atoms with Gasteiger partial charge in [-0.25, -0.2) is 5.43 Å². The predicted octanol–water partition coefficient (Wildman–Crippen LogP) is -1.34. The van der Waals surface area contributed by atoms with Crippen molar-refractivity contribution in [2.45, 2.75) is 0 Å². The summed E-state index contributed by atoms with van der Waals surface area (Å²) in [5.74, 6) is 0. The lowest BCUT2D eigenvalue weighted by Crippen LogP contribution is -2.44. The second-order valence-corrected chi connectivity index (χ2v) is 1.22. The van der Waals surface area contributed by atoms with E-state index >= 15 is 0 Å². The van der Waals surface area contributed by atoms with Crippen LogP contribution in [-0.2, 0) is 0 Å². The highest BCUT2D eigenvalue weighted by Gasteiger charge is 1.91. The summed E-state index contributed by atoms with van der Waals surface area (Å²) in [5, 5.41) is 3.06. The SMILES string of the molecule is C1CN[N]CN1. The molecule has 1 rings (SSSR count). The molecule has 0 atom stereocenters. The van der Waals surface area contributed by atoms with E-state index in [9.17, 15) is 0 Å². The molecule has 0 aromatic heterocycles. The molecule has 3 nitrogen and oxygen atoms in total. The van der Waals surface area contributed by atoms with Gasteiger partial charge < -0.3 is 5.32 Å². The summed E-state index contributed by atoms with van der Waals surface area (Å²) in [6.45, 7) is 2.78. The third kappa shape index (κ3) is 0.931. The van der Waals surface area contributed by atoms with E-state index in [0.29, 0.717) is 0 Å². The summed E-state index contributed by atoms with van der Waals surface area (Å²) in [6, 6.07) is 0. The summed E-state index contributed by atoms with van der Waals surface area (Å²) in [7, 11) is 0. The summed E-state index contributed by atoms with van der Waals surface area (Å²) in [5.41, 5.74) is 6.66. The molecule has 2 N–H and O–H groups in total. The van der Waals surface area contributed by atoms with Gasteiger partial charge in [-0.15, -0.1) is 5.43 Å². The lowest BCUT2D eigenvalue weighted by atomic mass is 10.6. The fraction of sp³-hybridized carbons (Fsp3) is 1.00. The van der Waals surface area contributed by atoms with Crippen molar-refractivity contribution in [2.75, 3.05) is 19.8 Å². The van der Waals surface area contributed by atoms with E-state index in [1.54, 1.807) is 0 Å². The first-order valence-corrected chi connectivity index (χ1v) is 2.10. The molecule has 1 fully saturated rings. The van der Waals surface area contributed by atoms with Gasteiger partial charge in [-0.1, -0.05) is 0 Å². The zero-order valence-corrected chi connectivity index (χ0v) is 3.57. The van der Waals surface area contributed by atoms with Gasteiger partial charge >= 0.3 is 0 Å². The first kappa shape index (κ1) is 4.05. The Kier molecular flexibility index (Phi) is 1.43. The van der Waals surface area contributed by atoms with Crippen LogP contribution in [0.5, 0.6) is 0 Å². The second kappa shape index (κ2) is 2.12. The predicted molar refractivity (Wildman–Crippen MR) is 23.0 cm³/mol. The second-order valence-electron chi connectivity index (χ2n) is 1.22. The van der Waals surface area contributed by atoms with Gasteiger partial charge in [-0.2, -0.15) is 0 Å². The molecule has 1 heterocycles. The van der Waals surface area contributed by atoms with Crippen LogP contribution < -0.4 is 16.2 Å². The van der Waals surface area contributed by atoms with Gasteiger partial charge in [-0.3, -0.25) is 0 Å². The van der Waals surface area contributed by atoms with Crippen LogP contribution in [0.15, 0.2) is 0 Å². The molecule has 1 aliphatic heterocycles. The van der Waals surface area contributed by atoms with Crippen molar-refractivity contribution in [3.63, 3.8) is 0 Å². The van der Waals surface area contributed by atoms with Gasteiger partial charge in [0.2, 0.25) is 0 Å². The third-order valence-corrected chi connectivity index (χ3v) is 0.716. The van der Waals surface area contributed by atoms with Crippen molar-refractivity contribution in [2.24, 2.45) is 0 Å². The minimum absolute atomic E-state index is 0.764. The van der Waals surface area contributed by atoms with E-state index in [1.807, 2.05) is 0 Å². The van der Waals surface area contributed by atoms with Crippen LogP contribution in [0, 0.1) is 0 Å². The fourth-order valence-electron chi connectivity index (χ4n) is 0.414. The molecule has 35 valence electrons. The number of nitrogens with one attached hydrogen (secondary N) is 2. The number of rotatable bonds is 0. The van der Waals surface area contributed by atoms with E-state index in [0.717, 1.165) is 19.8 Å². The summed E-state index contributed by atoms with van der Waals surface area (Å²) in [4.78, 5) is 0. The molecule has 1 aliphatic rings. The summed E-state index contributed by atoms with van der Waals surface area (Å²) in [6.07, 6.45) is 0. The van der Waals surface area contributed by atoms with Crippen molar-refractivity contribution in [3.05, 3.63) is 0 Å². The molecule has 0 amide bonds. The molecule has 3 heteroatoms. The van der Waals surface area contributed by atoms with Gasteiger partial charge in [-0.05, 0) is 0 Å². The Labute approximate surface area is 37.1 Å². The average Bonchev–Trinajstić information content (AvgIpc) is 1.72. The smallest absolute Gasteiger partial charge is 0.0797 e. The quantitative estimate of drug-likeness (QED) is 0.383. The maximum atomic E-state index is 3.82. The van der Waals surface area contributed by atoms with Crippen LogP contribution in [0.4, 0.5) is 0 Å². The lowest BCUT2D eigenvalue weighted by Gasteiger charge is -2.10. The Morgan fingerprint density at radius 2 is 2.33 bits per heavy atom. The first-order valence-electron chi connectivity index (χ1n) is 2.10. The third-order valence-electron chi connectivity index (χ3n) is 0.716. The van der Waals surface area contributed by atoms with Crippen LogP contribution >= 0.6 is 0 Å². The van der Waals surface area contributed by atoms with Crippen LogP contribution in [-0.4, -0.2) is 19.8 Å². The topological polar surface area (TPSA) is 38.2 Å². The van der Waals surface area contributed by atoms with Crippen molar-refractivity contribution >= 4 is 0 Å². The maximum absolute atomic E-state index is 3.82. The molecule has 0 saturated carbocycles. The van der Waals surface area contributed by atoms with Crippen LogP contribution in [0.1, 0.15) is 0 Å². The van der Waals surface area contributed by atoms with Gasteiger partial charge in [0.15, 0.2) is 0 Å². The number of hydrogen-bond donors (Lipinski definition) is 2. The summed E-state index contributed by atoms with van der Waals surface area (Å²) < 4.78 is 0. The molecule has 1 saturated heterocycles. The Morgan fingerprint density at radius 3 is 2.50 bits per heavy atom. The van der Waals surface area contributed by atoms with Crippen LogP contribution in [0.25, 0.3) is 0 Å². The summed E-state index contributed by atoms with van der Waals surface area (Å²) >= 11 is 0. The maximum Gasteiger partial charge on any atom is 0.0797 e. The van der Waals surface area contributed by atoms with Gasteiger partial charge in [0, 0.05) is 13.1 Å². The molecule has 0 aromatic carbocycles. The van der Waals surface area contributed by atoms with E-state index < -0.39 is 0 Å². The van der Waals surface area contributed by atoms with Gasteiger partial charge in [0.25, 0.3) is 0 Å². The Morgan fingerprint density at radius 1 is 1.33 bits per heavy atom. The Balaban J connectivity index is 2.00. The van der Waals surface area contributed by atoms with Crippen molar-refractivity contribution < 1.29 is 0 Å². The van der Waals surface area contributed by atoms with E-state index in [-0.39, 0.29) is 0 Å². The zero-order valence-electron chi connectivity index (χ0n) is 3.57. The molecular weight excluding hydrogens is 78.1 g/mol. The standard InChI is InChI=1S/C3H8N3/c1-2-5-6-3-4-1/h4-5H,1-3H2. The number of hydrogen-bond acceptors (Lipinski definition) is 2. The first-order chi connectivity index (χ1) is 3.00. The highest BCUT2D eigenvalue weighted by molar-refractivity contribution is 4.50.